The molecule has 0 aromatic rings. The van der Waals surface area contributed by atoms with E-state index in [1.54, 1.807) is 0 Å². The predicted octanol–water partition coefficient (Wildman–Crippen LogP) is -1.86. The molecule has 1 aliphatic carbocycles. The fourth-order valence-electron chi connectivity index (χ4n) is 2.77. The van der Waals surface area contributed by atoms with Crippen LogP contribution in [0.15, 0.2) is 0 Å². The van der Waals surface area contributed by atoms with Crippen LogP contribution in [-0.2, 0) is 14.4 Å². The summed E-state index contributed by atoms with van der Waals surface area (Å²) in [5.41, 5.74) is 2.75. The lowest BCUT2D eigenvalue weighted by atomic mass is 9.77. The summed E-state index contributed by atoms with van der Waals surface area (Å²) in [5.74, 6) is -2.03. The number of carbonyl (C=O) groups excluding carboxylic acids is 3. The SMILES string of the molecule is CC(NC(=O)C1(O)CC(O)C(O)C(NC(=O)CC(C)(C)C)C1)C(N)=O. The molecule has 0 heterocycles. The highest BCUT2D eigenvalue weighted by Gasteiger charge is 2.49. The number of primary amides is 1. The Morgan fingerprint density at radius 2 is 1.80 bits per heavy atom. The monoisotopic (exact) mass is 359 g/mol. The van der Waals surface area contributed by atoms with Crippen molar-refractivity contribution in [2.45, 2.75) is 76.9 Å². The first kappa shape index (κ1) is 21.3. The van der Waals surface area contributed by atoms with E-state index in [4.69, 9.17) is 5.73 Å². The number of nitrogens with two attached hydrogens (primary N) is 1. The zero-order valence-electron chi connectivity index (χ0n) is 15.1. The predicted molar refractivity (Wildman–Crippen MR) is 89.0 cm³/mol. The second-order valence-electron chi connectivity index (χ2n) is 8.01. The van der Waals surface area contributed by atoms with E-state index in [-0.39, 0.29) is 24.2 Å². The molecule has 0 aromatic heterocycles. The number of hydrogen-bond acceptors (Lipinski definition) is 6. The standard InChI is InChI=1S/C16H29N3O6/c1-8(13(17)23)18-14(24)16(25)5-9(12(22)10(20)6-16)19-11(21)7-15(2,3)4/h8-10,12,20,22,25H,5-7H2,1-4H3,(H2,17,23)(H,18,24)(H,19,21). The Kier molecular flexibility index (Phi) is 6.55. The molecule has 0 aromatic carbocycles. The summed E-state index contributed by atoms with van der Waals surface area (Å²) in [7, 11) is 0. The van der Waals surface area contributed by atoms with Gasteiger partial charge >= 0.3 is 0 Å². The highest BCUT2D eigenvalue weighted by Crippen LogP contribution is 2.30. The van der Waals surface area contributed by atoms with Gasteiger partial charge < -0.3 is 31.7 Å². The molecule has 0 bridgehead atoms. The van der Waals surface area contributed by atoms with E-state index in [1.807, 2.05) is 20.8 Å². The zero-order valence-corrected chi connectivity index (χ0v) is 15.1. The van der Waals surface area contributed by atoms with E-state index in [1.165, 1.54) is 6.92 Å². The molecular formula is C16H29N3O6. The van der Waals surface area contributed by atoms with Gasteiger partial charge in [0, 0.05) is 19.3 Å². The van der Waals surface area contributed by atoms with Crippen LogP contribution in [0.2, 0.25) is 0 Å². The van der Waals surface area contributed by atoms with Crippen LogP contribution < -0.4 is 16.4 Å². The van der Waals surface area contributed by atoms with Crippen LogP contribution in [0.5, 0.6) is 0 Å². The normalized spacial score (nSPS) is 31.1. The lowest BCUT2D eigenvalue weighted by Crippen LogP contribution is -2.64. The Labute approximate surface area is 147 Å². The van der Waals surface area contributed by atoms with Crippen molar-refractivity contribution >= 4 is 17.7 Å². The lowest BCUT2D eigenvalue weighted by molar-refractivity contribution is -0.160. The maximum atomic E-state index is 12.3. The third kappa shape index (κ3) is 5.94. The molecule has 3 amide bonds. The molecule has 1 fully saturated rings. The first-order valence-electron chi connectivity index (χ1n) is 8.23. The van der Waals surface area contributed by atoms with Crippen molar-refractivity contribution in [2.24, 2.45) is 11.1 Å². The summed E-state index contributed by atoms with van der Waals surface area (Å²) in [6.07, 6.45) is -3.26. The average Bonchev–Trinajstić information content (AvgIpc) is 2.41. The Morgan fingerprint density at radius 3 is 2.28 bits per heavy atom. The lowest BCUT2D eigenvalue weighted by Gasteiger charge is -2.42. The fraction of sp³-hybridized carbons (Fsp3) is 0.812. The van der Waals surface area contributed by atoms with Crippen LogP contribution in [0, 0.1) is 5.41 Å². The zero-order chi connectivity index (χ0) is 19.6. The first-order chi connectivity index (χ1) is 11.2. The van der Waals surface area contributed by atoms with Gasteiger partial charge in [0.15, 0.2) is 0 Å². The van der Waals surface area contributed by atoms with E-state index in [0.29, 0.717) is 0 Å². The number of carbonyl (C=O) groups is 3. The van der Waals surface area contributed by atoms with Gasteiger partial charge in [-0.3, -0.25) is 14.4 Å². The van der Waals surface area contributed by atoms with Gasteiger partial charge in [-0.2, -0.15) is 0 Å². The van der Waals surface area contributed by atoms with Crippen LogP contribution in [-0.4, -0.2) is 62.9 Å². The van der Waals surface area contributed by atoms with E-state index >= 15 is 0 Å². The second kappa shape index (κ2) is 7.67. The third-order valence-electron chi connectivity index (χ3n) is 4.15. The van der Waals surface area contributed by atoms with Crippen molar-refractivity contribution in [3.05, 3.63) is 0 Å². The van der Waals surface area contributed by atoms with Gasteiger partial charge in [0.05, 0.1) is 12.1 Å². The van der Waals surface area contributed by atoms with Gasteiger partial charge in [-0.25, -0.2) is 0 Å². The Hall–Kier alpha value is -1.71. The van der Waals surface area contributed by atoms with Gasteiger partial charge in [-0.15, -0.1) is 0 Å². The van der Waals surface area contributed by atoms with Gasteiger partial charge in [0.2, 0.25) is 11.8 Å². The number of nitrogens with one attached hydrogen (secondary N) is 2. The molecule has 1 rings (SSSR count). The number of hydrogen-bond donors (Lipinski definition) is 6. The Balaban J connectivity index is 2.86. The van der Waals surface area contributed by atoms with E-state index in [2.05, 4.69) is 10.6 Å². The molecule has 0 spiro atoms. The quantitative estimate of drug-likeness (QED) is 0.337. The Bertz CT molecular complexity index is 532. The van der Waals surface area contributed by atoms with E-state index in [0.717, 1.165) is 0 Å². The number of aliphatic hydroxyl groups excluding tert-OH is 2. The molecule has 25 heavy (non-hydrogen) atoms. The number of aliphatic hydroxyl groups is 3. The summed E-state index contributed by atoms with van der Waals surface area (Å²) >= 11 is 0. The molecule has 9 nitrogen and oxygen atoms in total. The van der Waals surface area contributed by atoms with Crippen molar-refractivity contribution in [1.29, 1.82) is 0 Å². The number of amides is 3. The van der Waals surface area contributed by atoms with Crippen LogP contribution >= 0.6 is 0 Å². The highest BCUT2D eigenvalue weighted by atomic mass is 16.3. The van der Waals surface area contributed by atoms with Crippen molar-refractivity contribution in [3.8, 4) is 0 Å². The molecule has 0 aliphatic heterocycles. The second-order valence-corrected chi connectivity index (χ2v) is 8.01. The Morgan fingerprint density at radius 1 is 1.24 bits per heavy atom. The van der Waals surface area contributed by atoms with Crippen LogP contribution in [0.25, 0.3) is 0 Å². The van der Waals surface area contributed by atoms with Crippen LogP contribution in [0.3, 0.4) is 0 Å². The molecular weight excluding hydrogens is 330 g/mol. The van der Waals surface area contributed by atoms with Crippen molar-refractivity contribution < 1.29 is 29.7 Å². The summed E-state index contributed by atoms with van der Waals surface area (Å²) < 4.78 is 0. The average molecular weight is 359 g/mol. The smallest absolute Gasteiger partial charge is 0.252 e. The molecule has 9 heteroatoms. The summed E-state index contributed by atoms with van der Waals surface area (Å²) in [5, 5.41) is 35.5. The summed E-state index contributed by atoms with van der Waals surface area (Å²) in [4.78, 5) is 35.4. The van der Waals surface area contributed by atoms with Gasteiger partial charge in [0.1, 0.15) is 17.7 Å². The molecule has 1 saturated carbocycles. The summed E-state index contributed by atoms with van der Waals surface area (Å²) in [6, 6.07) is -2.01. The van der Waals surface area contributed by atoms with Gasteiger partial charge in [0.25, 0.3) is 5.91 Å². The number of rotatable bonds is 5. The van der Waals surface area contributed by atoms with Crippen molar-refractivity contribution in [1.82, 2.24) is 10.6 Å². The van der Waals surface area contributed by atoms with Gasteiger partial charge in [-0.1, -0.05) is 20.8 Å². The third-order valence-corrected chi connectivity index (χ3v) is 4.15. The maximum Gasteiger partial charge on any atom is 0.252 e. The molecule has 7 N–H and O–H groups in total. The molecule has 5 atom stereocenters. The largest absolute Gasteiger partial charge is 0.390 e. The molecule has 5 unspecified atom stereocenters. The minimum Gasteiger partial charge on any atom is -0.390 e. The van der Waals surface area contributed by atoms with Crippen molar-refractivity contribution in [3.63, 3.8) is 0 Å². The molecule has 1 aliphatic rings. The first-order valence-corrected chi connectivity index (χ1v) is 8.23. The highest BCUT2D eigenvalue weighted by molar-refractivity contribution is 5.90. The minimum atomic E-state index is -2.04. The van der Waals surface area contributed by atoms with E-state index < -0.39 is 48.1 Å². The van der Waals surface area contributed by atoms with Crippen LogP contribution in [0.1, 0.15) is 47.0 Å². The molecule has 0 radical (unpaired) electrons. The maximum absolute atomic E-state index is 12.3. The molecule has 144 valence electrons. The molecule has 0 saturated heterocycles. The fourth-order valence-corrected chi connectivity index (χ4v) is 2.77. The minimum absolute atomic E-state index is 0.176. The van der Waals surface area contributed by atoms with Crippen LogP contribution in [0.4, 0.5) is 0 Å². The van der Waals surface area contributed by atoms with Crippen molar-refractivity contribution in [2.75, 3.05) is 0 Å². The topological polar surface area (TPSA) is 162 Å². The van der Waals surface area contributed by atoms with E-state index in [9.17, 15) is 29.7 Å². The summed E-state index contributed by atoms with van der Waals surface area (Å²) in [6.45, 7) is 6.97. The van der Waals surface area contributed by atoms with Gasteiger partial charge in [-0.05, 0) is 12.3 Å².